The average Bonchev–Trinajstić information content (AvgIpc) is 2.83. The number of hydrogen-bond donors (Lipinski definition) is 1. The molecule has 2 N–H and O–H groups in total. The SMILES string of the molecule is Cc1occc1C(=O)N(C)c1ccc(CN)cc1. The summed E-state index contributed by atoms with van der Waals surface area (Å²) in [6, 6.07) is 9.29. The first-order valence-electron chi connectivity index (χ1n) is 5.74. The fraction of sp³-hybridized carbons (Fsp3) is 0.214. The lowest BCUT2D eigenvalue weighted by Crippen LogP contribution is -2.26. The van der Waals surface area contributed by atoms with E-state index in [1.54, 1.807) is 24.9 Å². The maximum Gasteiger partial charge on any atom is 0.261 e. The van der Waals surface area contributed by atoms with Crippen molar-refractivity contribution in [2.75, 3.05) is 11.9 Å². The monoisotopic (exact) mass is 244 g/mol. The summed E-state index contributed by atoms with van der Waals surface area (Å²) in [6.45, 7) is 2.28. The minimum absolute atomic E-state index is 0.0817. The van der Waals surface area contributed by atoms with E-state index in [0.717, 1.165) is 11.3 Å². The van der Waals surface area contributed by atoms with Gasteiger partial charge in [0.2, 0.25) is 0 Å². The molecule has 4 heteroatoms. The Bertz CT molecular complexity index is 543. The van der Waals surface area contributed by atoms with Gasteiger partial charge in [-0.1, -0.05) is 12.1 Å². The minimum atomic E-state index is -0.0817. The van der Waals surface area contributed by atoms with Gasteiger partial charge in [0.15, 0.2) is 0 Å². The molecule has 0 bridgehead atoms. The lowest BCUT2D eigenvalue weighted by Gasteiger charge is -2.17. The number of benzene rings is 1. The Labute approximate surface area is 106 Å². The zero-order valence-corrected chi connectivity index (χ0v) is 10.5. The van der Waals surface area contributed by atoms with Crippen molar-refractivity contribution in [1.82, 2.24) is 0 Å². The molecule has 4 nitrogen and oxygen atoms in total. The molecule has 2 aromatic rings. The molecule has 2 rings (SSSR count). The van der Waals surface area contributed by atoms with Crippen molar-refractivity contribution < 1.29 is 9.21 Å². The summed E-state index contributed by atoms with van der Waals surface area (Å²) < 4.78 is 5.14. The molecule has 94 valence electrons. The van der Waals surface area contributed by atoms with Crippen LogP contribution in [0.25, 0.3) is 0 Å². The molecule has 0 saturated carbocycles. The van der Waals surface area contributed by atoms with Crippen molar-refractivity contribution in [3.05, 3.63) is 53.5 Å². The van der Waals surface area contributed by atoms with Gasteiger partial charge < -0.3 is 15.1 Å². The van der Waals surface area contributed by atoms with E-state index in [9.17, 15) is 4.79 Å². The number of hydrogen-bond acceptors (Lipinski definition) is 3. The second kappa shape index (κ2) is 5.06. The van der Waals surface area contributed by atoms with Crippen molar-refractivity contribution in [2.24, 2.45) is 5.73 Å². The zero-order valence-electron chi connectivity index (χ0n) is 10.5. The third-order valence-electron chi connectivity index (χ3n) is 2.95. The number of aryl methyl sites for hydroxylation is 1. The van der Waals surface area contributed by atoms with Crippen LogP contribution in [-0.4, -0.2) is 13.0 Å². The topological polar surface area (TPSA) is 59.5 Å². The first-order chi connectivity index (χ1) is 8.63. The van der Waals surface area contributed by atoms with Gasteiger partial charge >= 0.3 is 0 Å². The predicted octanol–water partition coefficient (Wildman–Crippen LogP) is 2.32. The highest BCUT2D eigenvalue weighted by Crippen LogP contribution is 2.18. The van der Waals surface area contributed by atoms with Crippen LogP contribution in [0, 0.1) is 6.92 Å². The van der Waals surface area contributed by atoms with E-state index < -0.39 is 0 Å². The van der Waals surface area contributed by atoms with Crippen LogP contribution in [0.2, 0.25) is 0 Å². The van der Waals surface area contributed by atoms with Gasteiger partial charge in [-0.15, -0.1) is 0 Å². The van der Waals surface area contributed by atoms with E-state index >= 15 is 0 Å². The zero-order chi connectivity index (χ0) is 13.1. The van der Waals surface area contributed by atoms with Crippen LogP contribution in [0.4, 0.5) is 5.69 Å². The van der Waals surface area contributed by atoms with Crippen LogP contribution in [0.5, 0.6) is 0 Å². The fourth-order valence-electron chi connectivity index (χ4n) is 1.76. The second-order valence-corrected chi connectivity index (χ2v) is 4.13. The molecule has 1 aromatic heterocycles. The van der Waals surface area contributed by atoms with E-state index in [1.165, 1.54) is 6.26 Å². The molecule has 0 aliphatic rings. The molecule has 0 radical (unpaired) electrons. The Morgan fingerprint density at radius 2 is 1.94 bits per heavy atom. The van der Waals surface area contributed by atoms with Gasteiger partial charge in [0.05, 0.1) is 11.8 Å². The summed E-state index contributed by atoms with van der Waals surface area (Å²) in [5.41, 5.74) is 8.00. The van der Waals surface area contributed by atoms with Gasteiger partial charge in [-0.2, -0.15) is 0 Å². The lowest BCUT2D eigenvalue weighted by molar-refractivity contribution is 0.0991. The highest BCUT2D eigenvalue weighted by molar-refractivity contribution is 6.06. The normalized spacial score (nSPS) is 10.4. The summed E-state index contributed by atoms with van der Waals surface area (Å²) in [6.07, 6.45) is 1.52. The molecule has 0 aliphatic heterocycles. The second-order valence-electron chi connectivity index (χ2n) is 4.13. The number of carbonyl (C=O) groups is 1. The van der Waals surface area contributed by atoms with Crippen LogP contribution in [0.1, 0.15) is 21.7 Å². The van der Waals surface area contributed by atoms with Crippen LogP contribution in [0.3, 0.4) is 0 Å². The minimum Gasteiger partial charge on any atom is -0.469 e. The molecular weight excluding hydrogens is 228 g/mol. The van der Waals surface area contributed by atoms with Gasteiger partial charge in [0, 0.05) is 19.3 Å². The van der Waals surface area contributed by atoms with E-state index in [-0.39, 0.29) is 5.91 Å². The molecule has 1 amide bonds. The Morgan fingerprint density at radius 1 is 1.28 bits per heavy atom. The van der Waals surface area contributed by atoms with E-state index in [1.807, 2.05) is 24.3 Å². The number of carbonyl (C=O) groups excluding carboxylic acids is 1. The van der Waals surface area contributed by atoms with Crippen LogP contribution >= 0.6 is 0 Å². The summed E-state index contributed by atoms with van der Waals surface area (Å²) in [4.78, 5) is 13.8. The summed E-state index contributed by atoms with van der Waals surface area (Å²) >= 11 is 0. The standard InChI is InChI=1S/C14H16N2O2/c1-10-13(7-8-18-10)14(17)16(2)12-5-3-11(9-15)4-6-12/h3-8H,9,15H2,1-2H3. The predicted molar refractivity (Wildman–Crippen MR) is 70.5 cm³/mol. The number of furan rings is 1. The maximum absolute atomic E-state index is 12.2. The first kappa shape index (κ1) is 12.4. The average molecular weight is 244 g/mol. The summed E-state index contributed by atoms with van der Waals surface area (Å²) in [5, 5.41) is 0. The summed E-state index contributed by atoms with van der Waals surface area (Å²) in [7, 11) is 1.74. The molecule has 1 heterocycles. The van der Waals surface area contributed by atoms with Crippen LogP contribution in [0.15, 0.2) is 41.0 Å². The molecule has 0 aliphatic carbocycles. The Hall–Kier alpha value is -2.07. The first-order valence-corrected chi connectivity index (χ1v) is 5.74. The smallest absolute Gasteiger partial charge is 0.261 e. The van der Waals surface area contributed by atoms with E-state index in [0.29, 0.717) is 17.9 Å². The van der Waals surface area contributed by atoms with Crippen molar-refractivity contribution in [3.8, 4) is 0 Å². The lowest BCUT2D eigenvalue weighted by atomic mass is 10.1. The highest BCUT2D eigenvalue weighted by Gasteiger charge is 2.17. The fourth-order valence-corrected chi connectivity index (χ4v) is 1.76. The maximum atomic E-state index is 12.2. The van der Waals surface area contributed by atoms with E-state index in [2.05, 4.69) is 0 Å². The Morgan fingerprint density at radius 3 is 2.44 bits per heavy atom. The third-order valence-corrected chi connectivity index (χ3v) is 2.95. The molecule has 0 fully saturated rings. The van der Waals surface area contributed by atoms with Gasteiger partial charge in [-0.3, -0.25) is 4.79 Å². The molecule has 0 atom stereocenters. The van der Waals surface area contributed by atoms with Crippen molar-refractivity contribution in [1.29, 1.82) is 0 Å². The number of rotatable bonds is 3. The third kappa shape index (κ3) is 2.28. The highest BCUT2D eigenvalue weighted by atomic mass is 16.3. The van der Waals surface area contributed by atoms with Gasteiger partial charge in [0.1, 0.15) is 5.76 Å². The van der Waals surface area contributed by atoms with Gasteiger partial charge in [-0.05, 0) is 30.7 Å². The molecule has 0 saturated heterocycles. The molecule has 1 aromatic carbocycles. The molecular formula is C14H16N2O2. The number of nitrogens with two attached hydrogens (primary N) is 1. The molecule has 18 heavy (non-hydrogen) atoms. The van der Waals surface area contributed by atoms with Crippen LogP contribution < -0.4 is 10.6 Å². The van der Waals surface area contributed by atoms with Crippen molar-refractivity contribution >= 4 is 11.6 Å². The number of nitrogens with zero attached hydrogens (tertiary/aromatic N) is 1. The number of amides is 1. The Balaban J connectivity index is 2.23. The van der Waals surface area contributed by atoms with E-state index in [4.69, 9.17) is 10.2 Å². The molecule has 0 unspecified atom stereocenters. The van der Waals surface area contributed by atoms with Gasteiger partial charge in [0.25, 0.3) is 5.91 Å². The summed E-state index contributed by atoms with van der Waals surface area (Å²) in [5.74, 6) is 0.548. The molecule has 0 spiro atoms. The van der Waals surface area contributed by atoms with Gasteiger partial charge in [-0.25, -0.2) is 0 Å². The van der Waals surface area contributed by atoms with Crippen molar-refractivity contribution in [2.45, 2.75) is 13.5 Å². The largest absolute Gasteiger partial charge is 0.469 e. The Kier molecular flexibility index (Phi) is 3.48. The van der Waals surface area contributed by atoms with Crippen molar-refractivity contribution in [3.63, 3.8) is 0 Å². The van der Waals surface area contributed by atoms with Crippen LogP contribution in [-0.2, 0) is 6.54 Å². The number of anilines is 1. The quantitative estimate of drug-likeness (QED) is 0.901.